The molecule has 0 aromatic heterocycles. The lowest BCUT2D eigenvalue weighted by Crippen LogP contribution is -2.59. The average molecular weight is 535 g/mol. The van der Waals surface area contributed by atoms with Crippen LogP contribution in [0.2, 0.25) is 0 Å². The molecule has 38 heavy (non-hydrogen) atoms. The molecule has 4 aliphatic heterocycles. The van der Waals surface area contributed by atoms with Gasteiger partial charge in [0.15, 0.2) is 29.3 Å². The van der Waals surface area contributed by atoms with Crippen LogP contribution in [0.1, 0.15) is 23.3 Å². The van der Waals surface area contributed by atoms with Gasteiger partial charge in [-0.3, -0.25) is 0 Å². The van der Waals surface area contributed by atoms with Crippen molar-refractivity contribution in [2.75, 3.05) is 33.4 Å². The van der Waals surface area contributed by atoms with E-state index in [1.54, 1.807) is 24.3 Å². The van der Waals surface area contributed by atoms with Crippen LogP contribution in [0.15, 0.2) is 36.4 Å². The summed E-state index contributed by atoms with van der Waals surface area (Å²) in [6.45, 7) is -0.156. The summed E-state index contributed by atoms with van der Waals surface area (Å²) in [7, 11) is 0. The van der Waals surface area contributed by atoms with E-state index in [9.17, 15) is 25.5 Å². The van der Waals surface area contributed by atoms with Gasteiger partial charge in [0.25, 0.3) is 0 Å². The van der Waals surface area contributed by atoms with Crippen molar-refractivity contribution in [1.29, 1.82) is 0 Å². The van der Waals surface area contributed by atoms with Crippen molar-refractivity contribution in [3.8, 4) is 23.0 Å². The van der Waals surface area contributed by atoms with Gasteiger partial charge in [0.2, 0.25) is 13.6 Å². The van der Waals surface area contributed by atoms with E-state index in [0.29, 0.717) is 28.6 Å². The van der Waals surface area contributed by atoms with Gasteiger partial charge in [0, 0.05) is 11.8 Å². The Labute approximate surface area is 217 Å². The lowest BCUT2D eigenvalue weighted by Gasteiger charge is -2.40. The van der Waals surface area contributed by atoms with E-state index in [4.69, 9.17) is 33.2 Å². The summed E-state index contributed by atoms with van der Waals surface area (Å²) in [5, 5.41) is 51.6. The second-order valence-corrected chi connectivity index (χ2v) is 9.78. The summed E-state index contributed by atoms with van der Waals surface area (Å²) in [6, 6.07) is 10.7. The number of hydrogen-bond donors (Lipinski definition) is 5. The fraction of sp³-hybridized carbons (Fsp3) is 0.538. The number of hydrogen-bond acceptors (Lipinski definition) is 12. The van der Waals surface area contributed by atoms with Crippen LogP contribution in [-0.2, 0) is 14.2 Å². The van der Waals surface area contributed by atoms with Gasteiger partial charge in [-0.15, -0.1) is 0 Å². The third kappa shape index (κ3) is 4.56. The van der Waals surface area contributed by atoms with Crippen LogP contribution in [0.25, 0.3) is 0 Å². The van der Waals surface area contributed by atoms with E-state index in [-0.39, 0.29) is 26.8 Å². The minimum Gasteiger partial charge on any atom is -0.454 e. The maximum Gasteiger partial charge on any atom is 0.231 e. The molecule has 6 rings (SSSR count). The van der Waals surface area contributed by atoms with Gasteiger partial charge in [0.1, 0.15) is 24.4 Å². The Hall–Kier alpha value is -2.68. The largest absolute Gasteiger partial charge is 0.454 e. The molecule has 2 aromatic rings. The first kappa shape index (κ1) is 25.6. The molecule has 5 N–H and O–H groups in total. The smallest absolute Gasteiger partial charge is 0.231 e. The molecule has 2 fully saturated rings. The summed E-state index contributed by atoms with van der Waals surface area (Å²) in [5.74, 6) is 1.49. The zero-order chi connectivity index (χ0) is 26.4. The number of aliphatic hydroxyl groups excluding tert-OH is 5. The molecule has 12 heteroatoms. The highest BCUT2D eigenvalue weighted by atomic mass is 16.7. The Morgan fingerprint density at radius 1 is 0.842 bits per heavy atom. The Balaban J connectivity index is 1.25. The van der Waals surface area contributed by atoms with Gasteiger partial charge in [-0.25, -0.2) is 0 Å². The molecular formula is C26H30O12. The Kier molecular flexibility index (Phi) is 7.05. The van der Waals surface area contributed by atoms with Crippen molar-refractivity contribution in [1.82, 2.24) is 0 Å². The molecule has 0 spiro atoms. The molecule has 0 amide bonds. The van der Waals surface area contributed by atoms with Crippen LogP contribution in [0.3, 0.4) is 0 Å². The number of rotatable bonds is 7. The molecule has 2 saturated heterocycles. The normalized spacial score (nSPS) is 34.4. The molecule has 9 unspecified atom stereocenters. The fourth-order valence-electron chi connectivity index (χ4n) is 5.41. The third-order valence-corrected chi connectivity index (χ3v) is 7.58. The van der Waals surface area contributed by atoms with Crippen LogP contribution >= 0.6 is 0 Å². The molecule has 206 valence electrons. The zero-order valence-corrected chi connectivity index (χ0v) is 20.3. The zero-order valence-electron chi connectivity index (χ0n) is 20.3. The molecule has 12 nitrogen and oxygen atoms in total. The van der Waals surface area contributed by atoms with Crippen molar-refractivity contribution < 1.29 is 58.7 Å². The average Bonchev–Trinajstić information content (AvgIpc) is 3.69. The number of benzene rings is 2. The van der Waals surface area contributed by atoms with Gasteiger partial charge in [0.05, 0.1) is 32.0 Å². The van der Waals surface area contributed by atoms with Crippen LogP contribution in [0, 0.1) is 11.8 Å². The van der Waals surface area contributed by atoms with E-state index in [2.05, 4.69) is 0 Å². The lowest BCUT2D eigenvalue weighted by molar-refractivity contribution is -0.304. The van der Waals surface area contributed by atoms with Gasteiger partial charge in [-0.2, -0.15) is 0 Å². The topological polar surface area (TPSA) is 166 Å². The highest BCUT2D eigenvalue weighted by molar-refractivity contribution is 5.46. The first-order valence-corrected chi connectivity index (χ1v) is 12.5. The van der Waals surface area contributed by atoms with Crippen LogP contribution in [-0.4, -0.2) is 89.6 Å². The maximum absolute atomic E-state index is 11.4. The Morgan fingerprint density at radius 2 is 1.53 bits per heavy atom. The summed E-state index contributed by atoms with van der Waals surface area (Å²) < 4.78 is 39.4. The second-order valence-electron chi connectivity index (χ2n) is 9.78. The third-order valence-electron chi connectivity index (χ3n) is 7.58. The minimum atomic E-state index is -1.56. The van der Waals surface area contributed by atoms with Crippen molar-refractivity contribution in [3.05, 3.63) is 47.5 Å². The fourth-order valence-corrected chi connectivity index (χ4v) is 5.41. The van der Waals surface area contributed by atoms with E-state index in [1.807, 2.05) is 12.1 Å². The Morgan fingerprint density at radius 3 is 2.26 bits per heavy atom. The predicted octanol–water partition coefficient (Wildman–Crippen LogP) is -0.00220. The van der Waals surface area contributed by atoms with Crippen molar-refractivity contribution in [2.45, 2.75) is 42.9 Å². The first-order chi connectivity index (χ1) is 18.4. The summed E-state index contributed by atoms with van der Waals surface area (Å²) in [6.07, 6.45) is -8.48. The lowest BCUT2D eigenvalue weighted by atomic mass is 9.82. The van der Waals surface area contributed by atoms with Gasteiger partial charge >= 0.3 is 0 Å². The molecule has 4 heterocycles. The first-order valence-electron chi connectivity index (χ1n) is 12.5. The van der Waals surface area contributed by atoms with E-state index < -0.39 is 61.4 Å². The van der Waals surface area contributed by atoms with Crippen LogP contribution in [0.4, 0.5) is 0 Å². The molecule has 0 aliphatic carbocycles. The van der Waals surface area contributed by atoms with Crippen molar-refractivity contribution >= 4 is 0 Å². The standard InChI is InChI=1S/C26H30O12/c27-7-20-22(29)23(30)24(31)26(38-20)33-9-15-14(21(28)12-1-3-16-18(5-12)36-10-34-16)8-32-25(15)13-2-4-17-19(6-13)37-11-35-17/h1-6,14-15,20-31H,7-11H2. The van der Waals surface area contributed by atoms with Crippen LogP contribution < -0.4 is 18.9 Å². The molecule has 9 atom stereocenters. The molecule has 0 saturated carbocycles. The van der Waals surface area contributed by atoms with Gasteiger partial charge in [-0.1, -0.05) is 12.1 Å². The second kappa shape index (κ2) is 10.5. The van der Waals surface area contributed by atoms with Gasteiger partial charge in [-0.05, 0) is 35.4 Å². The quantitative estimate of drug-likeness (QED) is 0.323. The number of aliphatic hydroxyl groups is 5. The summed E-state index contributed by atoms with van der Waals surface area (Å²) >= 11 is 0. The highest BCUT2D eigenvalue weighted by Gasteiger charge is 2.47. The number of fused-ring (bicyclic) bond motifs is 2. The van der Waals surface area contributed by atoms with Gasteiger partial charge < -0.3 is 58.7 Å². The molecule has 0 radical (unpaired) electrons. The van der Waals surface area contributed by atoms with Crippen molar-refractivity contribution in [2.24, 2.45) is 11.8 Å². The predicted molar refractivity (Wildman–Crippen MR) is 125 cm³/mol. The molecular weight excluding hydrogens is 504 g/mol. The SMILES string of the molecule is OCC1OC(OCC2C(c3ccc4c(c3)OCO4)OCC2C(O)c2ccc3c(c2)OCO3)C(O)C(O)C1O. The number of ether oxygens (including phenoxy) is 7. The van der Waals surface area contributed by atoms with E-state index in [0.717, 1.165) is 5.56 Å². The molecule has 0 bridgehead atoms. The van der Waals surface area contributed by atoms with E-state index >= 15 is 0 Å². The maximum atomic E-state index is 11.4. The molecule has 2 aromatic carbocycles. The minimum absolute atomic E-state index is 0.0337. The monoisotopic (exact) mass is 534 g/mol. The summed E-state index contributed by atoms with van der Waals surface area (Å²) in [5.41, 5.74) is 1.41. The van der Waals surface area contributed by atoms with Crippen molar-refractivity contribution in [3.63, 3.8) is 0 Å². The van der Waals surface area contributed by atoms with Crippen LogP contribution in [0.5, 0.6) is 23.0 Å². The Bertz CT molecular complexity index is 1140. The molecule has 4 aliphatic rings. The summed E-state index contributed by atoms with van der Waals surface area (Å²) in [4.78, 5) is 0. The van der Waals surface area contributed by atoms with E-state index in [1.165, 1.54) is 0 Å². The highest BCUT2D eigenvalue weighted by Crippen LogP contribution is 2.47.